The maximum absolute atomic E-state index is 9.49. The average molecular weight is 448 g/mol. The van der Waals surface area contributed by atoms with Gasteiger partial charge in [-0.3, -0.25) is 4.98 Å². The molecule has 0 amide bonds. The van der Waals surface area contributed by atoms with Gasteiger partial charge in [0.15, 0.2) is 5.82 Å². The largest absolute Gasteiger partial charge is 0.493 e. The summed E-state index contributed by atoms with van der Waals surface area (Å²) < 4.78 is 13.2. The van der Waals surface area contributed by atoms with E-state index in [0.717, 1.165) is 40.0 Å². The number of methoxy groups -OCH3 is 1. The van der Waals surface area contributed by atoms with Crippen molar-refractivity contribution in [3.63, 3.8) is 0 Å². The molecule has 0 saturated carbocycles. The van der Waals surface area contributed by atoms with Crippen molar-refractivity contribution in [3.8, 4) is 22.8 Å². The van der Waals surface area contributed by atoms with E-state index in [-0.39, 0.29) is 18.8 Å². The zero-order valence-corrected chi connectivity index (χ0v) is 19.1. The summed E-state index contributed by atoms with van der Waals surface area (Å²) in [5.41, 5.74) is 10.3. The van der Waals surface area contributed by atoms with Gasteiger partial charge < -0.3 is 20.3 Å². The maximum Gasteiger partial charge on any atom is 0.154 e. The zero-order valence-electron chi connectivity index (χ0n) is 19.1. The average Bonchev–Trinajstić information content (AvgIpc) is 3.29. The second-order valence-electron chi connectivity index (χ2n) is 7.70. The molecule has 33 heavy (non-hydrogen) atoms. The third-order valence-corrected chi connectivity index (χ3v) is 5.64. The highest BCUT2D eigenvalue weighted by Gasteiger charge is 2.20. The molecule has 4 rings (SSSR count). The van der Waals surface area contributed by atoms with Crippen LogP contribution >= 0.6 is 0 Å². The number of hydrogen-bond acceptors (Lipinski definition) is 7. The summed E-state index contributed by atoms with van der Waals surface area (Å²) in [4.78, 5) is 9.34. The Labute approximate surface area is 193 Å². The third kappa shape index (κ3) is 4.59. The van der Waals surface area contributed by atoms with Gasteiger partial charge in [0.05, 0.1) is 59.5 Å². The molecular formula is C25H29N5O3. The highest BCUT2D eigenvalue weighted by molar-refractivity contribution is 5.90. The van der Waals surface area contributed by atoms with Gasteiger partial charge in [0, 0.05) is 12.7 Å². The van der Waals surface area contributed by atoms with Crippen molar-refractivity contribution < 1.29 is 14.6 Å². The van der Waals surface area contributed by atoms with Crippen molar-refractivity contribution in [2.75, 3.05) is 13.7 Å². The molecular weight excluding hydrogens is 418 g/mol. The summed E-state index contributed by atoms with van der Waals surface area (Å²) in [6.45, 7) is 4.37. The van der Waals surface area contributed by atoms with Crippen LogP contribution in [0.2, 0.25) is 0 Å². The van der Waals surface area contributed by atoms with Gasteiger partial charge >= 0.3 is 0 Å². The number of ether oxygens (including phenoxy) is 2. The van der Waals surface area contributed by atoms with Crippen LogP contribution in [0.1, 0.15) is 37.7 Å². The Morgan fingerprint density at radius 3 is 2.64 bits per heavy atom. The van der Waals surface area contributed by atoms with Crippen molar-refractivity contribution in [2.45, 2.75) is 39.0 Å². The minimum Gasteiger partial charge on any atom is -0.493 e. The lowest BCUT2D eigenvalue weighted by Crippen LogP contribution is -2.28. The predicted octanol–water partition coefficient (Wildman–Crippen LogP) is 3.80. The fourth-order valence-corrected chi connectivity index (χ4v) is 3.93. The number of pyridine rings is 2. The second kappa shape index (κ2) is 10.1. The summed E-state index contributed by atoms with van der Waals surface area (Å²) in [5.74, 6) is 1.33. The molecule has 0 fully saturated rings. The number of fused-ring (bicyclic) bond motifs is 1. The topological polar surface area (TPSA) is 108 Å². The van der Waals surface area contributed by atoms with E-state index in [1.54, 1.807) is 24.1 Å². The van der Waals surface area contributed by atoms with Crippen LogP contribution in [0.3, 0.4) is 0 Å². The van der Waals surface area contributed by atoms with E-state index in [9.17, 15) is 5.11 Å². The monoisotopic (exact) mass is 447 g/mol. The van der Waals surface area contributed by atoms with Crippen LogP contribution in [-0.2, 0) is 11.3 Å². The van der Waals surface area contributed by atoms with Crippen LogP contribution in [0.5, 0.6) is 5.75 Å². The number of aliphatic hydroxyl groups is 1. The first-order chi connectivity index (χ1) is 16.1. The molecule has 2 atom stereocenters. The predicted molar refractivity (Wildman–Crippen MR) is 127 cm³/mol. The van der Waals surface area contributed by atoms with E-state index in [1.807, 2.05) is 56.3 Å². The zero-order chi connectivity index (χ0) is 23.4. The Morgan fingerprint density at radius 1 is 1.09 bits per heavy atom. The lowest BCUT2D eigenvalue weighted by atomic mass is 10.0. The van der Waals surface area contributed by atoms with Crippen LogP contribution in [-0.4, -0.2) is 44.7 Å². The van der Waals surface area contributed by atoms with E-state index < -0.39 is 0 Å². The van der Waals surface area contributed by atoms with E-state index in [2.05, 4.69) is 10.1 Å². The molecule has 4 aromatic rings. The van der Waals surface area contributed by atoms with Gasteiger partial charge in [0.1, 0.15) is 5.75 Å². The molecule has 0 aliphatic heterocycles. The smallest absolute Gasteiger partial charge is 0.154 e. The lowest BCUT2D eigenvalue weighted by molar-refractivity contribution is 0.0761. The first kappa shape index (κ1) is 22.8. The Balaban J connectivity index is 1.84. The number of aromatic nitrogens is 4. The highest BCUT2D eigenvalue weighted by Crippen LogP contribution is 2.33. The van der Waals surface area contributed by atoms with Gasteiger partial charge in [-0.2, -0.15) is 5.10 Å². The Hall–Kier alpha value is -3.33. The van der Waals surface area contributed by atoms with E-state index >= 15 is 0 Å². The van der Waals surface area contributed by atoms with Gasteiger partial charge in [-0.25, -0.2) is 9.67 Å². The van der Waals surface area contributed by atoms with Crippen LogP contribution in [0.25, 0.3) is 28.0 Å². The molecule has 0 aliphatic carbocycles. The number of hydrogen-bond donors (Lipinski definition) is 2. The van der Waals surface area contributed by atoms with Gasteiger partial charge in [-0.05, 0) is 49.7 Å². The summed E-state index contributed by atoms with van der Waals surface area (Å²) in [6, 6.07) is 15.0. The molecule has 1 aromatic carbocycles. The second-order valence-corrected chi connectivity index (χ2v) is 7.70. The molecule has 8 heteroatoms. The number of nitrogens with two attached hydrogens (primary N) is 1. The quantitative estimate of drug-likeness (QED) is 0.402. The standard InChI is InChI=1S/C25H29N5O3/c1-4-22(32-3)25(26)20-10-7-9-19(29-20)16-12-21-18(23(13-16)33-5-2)14-27-30(21)24-11-6-8-17(15-31)28-24/h6-14,22,25,31H,4-5,15,26H2,1-3H3/t22-,25?/m0/s1. The van der Waals surface area contributed by atoms with Crippen molar-refractivity contribution in [1.82, 2.24) is 19.7 Å². The normalized spacial score (nSPS) is 13.2. The molecule has 8 nitrogen and oxygen atoms in total. The fraction of sp³-hybridized carbons (Fsp3) is 0.320. The van der Waals surface area contributed by atoms with Gasteiger partial charge in [0.25, 0.3) is 0 Å². The molecule has 3 aromatic heterocycles. The molecule has 3 heterocycles. The highest BCUT2D eigenvalue weighted by atomic mass is 16.5. The fourth-order valence-electron chi connectivity index (χ4n) is 3.93. The third-order valence-electron chi connectivity index (χ3n) is 5.64. The molecule has 0 aliphatic rings. The Bertz CT molecular complexity index is 1240. The minimum atomic E-state index is -0.328. The van der Waals surface area contributed by atoms with Crippen LogP contribution in [0.15, 0.2) is 54.7 Å². The van der Waals surface area contributed by atoms with Crippen LogP contribution in [0, 0.1) is 0 Å². The minimum absolute atomic E-state index is 0.111. The van der Waals surface area contributed by atoms with Crippen LogP contribution < -0.4 is 10.5 Å². The van der Waals surface area contributed by atoms with Gasteiger partial charge in [-0.1, -0.05) is 19.1 Å². The molecule has 0 bridgehead atoms. The first-order valence-corrected chi connectivity index (χ1v) is 11.1. The Kier molecular flexibility index (Phi) is 6.98. The number of nitrogens with zero attached hydrogens (tertiary/aromatic N) is 4. The van der Waals surface area contributed by atoms with Gasteiger partial charge in [-0.15, -0.1) is 0 Å². The molecule has 0 spiro atoms. The van der Waals surface area contributed by atoms with E-state index in [1.165, 1.54) is 0 Å². The first-order valence-electron chi connectivity index (χ1n) is 11.1. The van der Waals surface area contributed by atoms with Crippen molar-refractivity contribution in [3.05, 3.63) is 66.1 Å². The number of benzene rings is 1. The van der Waals surface area contributed by atoms with Crippen molar-refractivity contribution in [1.29, 1.82) is 0 Å². The SMILES string of the molecule is CCOc1cc(-c2cccc(C(N)[C@H](CC)OC)n2)cc2c1cnn2-c1cccc(CO)n1. The lowest BCUT2D eigenvalue weighted by Gasteiger charge is -2.21. The van der Waals surface area contributed by atoms with Gasteiger partial charge in [0.2, 0.25) is 0 Å². The van der Waals surface area contributed by atoms with E-state index in [0.29, 0.717) is 18.1 Å². The summed E-state index contributed by atoms with van der Waals surface area (Å²) in [5, 5.41) is 14.9. The molecule has 0 saturated heterocycles. The molecule has 172 valence electrons. The Morgan fingerprint density at radius 2 is 1.91 bits per heavy atom. The van der Waals surface area contributed by atoms with E-state index in [4.69, 9.17) is 20.2 Å². The van der Waals surface area contributed by atoms with Crippen LogP contribution in [0.4, 0.5) is 0 Å². The molecule has 0 radical (unpaired) electrons. The maximum atomic E-state index is 9.49. The molecule has 1 unspecified atom stereocenters. The van der Waals surface area contributed by atoms with Crippen molar-refractivity contribution in [2.24, 2.45) is 5.73 Å². The molecule has 3 N–H and O–H groups in total. The summed E-state index contributed by atoms with van der Waals surface area (Å²) in [7, 11) is 1.67. The summed E-state index contributed by atoms with van der Waals surface area (Å²) >= 11 is 0. The summed E-state index contributed by atoms with van der Waals surface area (Å²) in [6.07, 6.45) is 2.45. The van der Waals surface area contributed by atoms with Crippen molar-refractivity contribution >= 4 is 10.9 Å². The number of rotatable bonds is 9. The number of aliphatic hydroxyl groups excluding tert-OH is 1.